The van der Waals surface area contributed by atoms with E-state index in [1.54, 1.807) is 4.57 Å². The van der Waals surface area contributed by atoms with E-state index in [1.807, 2.05) is 0 Å². The summed E-state index contributed by atoms with van der Waals surface area (Å²) in [4.78, 5) is 8.13. The lowest BCUT2D eigenvalue weighted by atomic mass is 10.1. The lowest BCUT2D eigenvalue weighted by molar-refractivity contribution is 0.314. The normalized spacial score (nSPS) is 13.9. The number of fused-ring (bicyclic) bond motifs is 1. The van der Waals surface area contributed by atoms with Crippen molar-refractivity contribution in [2.75, 3.05) is 12.3 Å². The molecule has 2 aromatic carbocycles. The van der Waals surface area contributed by atoms with Gasteiger partial charge in [0.05, 0.1) is 17.7 Å². The first kappa shape index (κ1) is 14.9. The van der Waals surface area contributed by atoms with Gasteiger partial charge in [-0.3, -0.25) is 0 Å². The van der Waals surface area contributed by atoms with E-state index >= 15 is 4.39 Å². The molecule has 2 aromatic heterocycles. The maximum atomic E-state index is 15.0. The number of imidazole rings is 1. The van der Waals surface area contributed by atoms with Gasteiger partial charge in [-0.1, -0.05) is 0 Å². The summed E-state index contributed by atoms with van der Waals surface area (Å²) in [5.74, 6) is -0.907. The number of phenols is 1. The number of aromatic nitrogens is 3. The number of aryl methyl sites for hydroxylation is 1. The van der Waals surface area contributed by atoms with Crippen LogP contribution in [0.5, 0.6) is 11.5 Å². The molecule has 9 heteroatoms. The van der Waals surface area contributed by atoms with Gasteiger partial charge in [-0.15, -0.1) is 0 Å². The molecule has 0 amide bonds. The molecule has 7 nitrogen and oxygen atoms in total. The van der Waals surface area contributed by atoms with E-state index in [0.717, 1.165) is 6.07 Å². The van der Waals surface area contributed by atoms with Crippen molar-refractivity contribution >= 4 is 28.1 Å². The number of benzene rings is 2. The quantitative estimate of drug-likeness (QED) is 0.542. The Morgan fingerprint density at radius 3 is 2.88 bits per heavy atom. The summed E-state index contributed by atoms with van der Waals surface area (Å²) in [5, 5.41) is 9.87. The summed E-state index contributed by atoms with van der Waals surface area (Å²) in [6.45, 7) is 0.943. The average Bonchev–Trinajstić information content (AvgIpc) is 3.08. The highest BCUT2D eigenvalue weighted by molar-refractivity contribution is 5.89. The first-order valence-electron chi connectivity index (χ1n) is 7.93. The number of halogens is 2. The number of nitrogens with zero attached hydrogens (tertiary/aromatic N) is 3. The highest BCUT2D eigenvalue weighted by Crippen LogP contribution is 2.38. The molecule has 0 radical (unpaired) electrons. The Kier molecular flexibility index (Phi) is 2.91. The van der Waals surface area contributed by atoms with E-state index < -0.39 is 11.6 Å². The number of nitrogens with two attached hydrogens (primary N) is 1. The molecule has 0 unspecified atom stereocenters. The lowest BCUT2D eigenvalue weighted by Crippen LogP contribution is -2.03. The van der Waals surface area contributed by atoms with Crippen molar-refractivity contribution in [1.29, 1.82) is 0 Å². The van der Waals surface area contributed by atoms with Crippen molar-refractivity contribution in [2.24, 2.45) is 0 Å². The second-order valence-corrected chi connectivity index (χ2v) is 6.05. The van der Waals surface area contributed by atoms with E-state index in [9.17, 15) is 9.50 Å². The largest absolute Gasteiger partial charge is 0.508 e. The number of aromatic hydroxyl groups is 1. The lowest BCUT2D eigenvalue weighted by Gasteiger charge is -2.08. The SMILES string of the molecule is Nc1nc2c(F)c(-c3nc4cc(O)cc5c4n3CCCO5)cc(F)c2o1. The molecule has 0 atom stereocenters. The average molecular weight is 358 g/mol. The van der Waals surface area contributed by atoms with Crippen LogP contribution in [0.4, 0.5) is 14.8 Å². The van der Waals surface area contributed by atoms with E-state index in [1.165, 1.54) is 12.1 Å². The third-order valence-electron chi connectivity index (χ3n) is 4.39. The standard InChI is InChI=1S/C17H12F2N4O3/c18-9-6-8(12(19)13-15(9)26-17(20)22-13)16-21-10-4-7(24)5-11-14(10)23(16)2-1-3-25-11/h4-6,24H,1-3H2,(H2,20,22). The Hall–Kier alpha value is -3.36. The first-order valence-corrected chi connectivity index (χ1v) is 7.93. The van der Waals surface area contributed by atoms with Crippen molar-refractivity contribution in [1.82, 2.24) is 14.5 Å². The second kappa shape index (κ2) is 5.07. The van der Waals surface area contributed by atoms with Crippen molar-refractivity contribution in [3.8, 4) is 22.9 Å². The van der Waals surface area contributed by atoms with Crippen LogP contribution in [0, 0.1) is 11.6 Å². The second-order valence-electron chi connectivity index (χ2n) is 6.05. The zero-order valence-electron chi connectivity index (χ0n) is 13.3. The van der Waals surface area contributed by atoms with Crippen molar-refractivity contribution < 1.29 is 23.0 Å². The van der Waals surface area contributed by atoms with Crippen LogP contribution in [0.25, 0.3) is 33.5 Å². The molecule has 1 aliphatic rings. The van der Waals surface area contributed by atoms with Crippen LogP contribution in [0.3, 0.4) is 0 Å². The Morgan fingerprint density at radius 1 is 1.19 bits per heavy atom. The summed E-state index contributed by atoms with van der Waals surface area (Å²) in [6.07, 6.45) is 0.650. The molecule has 3 heterocycles. The summed E-state index contributed by atoms with van der Waals surface area (Å²) < 4.78 is 41.7. The number of oxazole rings is 1. The minimum atomic E-state index is -0.784. The van der Waals surface area contributed by atoms with Gasteiger partial charge in [0.1, 0.15) is 22.8 Å². The van der Waals surface area contributed by atoms with Gasteiger partial charge >= 0.3 is 0 Å². The molecule has 132 valence electrons. The molecule has 26 heavy (non-hydrogen) atoms. The van der Waals surface area contributed by atoms with Crippen LogP contribution in [0.15, 0.2) is 22.6 Å². The monoisotopic (exact) mass is 358 g/mol. The highest BCUT2D eigenvalue weighted by atomic mass is 19.1. The molecule has 0 fully saturated rings. The van der Waals surface area contributed by atoms with E-state index in [-0.39, 0.29) is 34.3 Å². The predicted molar refractivity (Wildman–Crippen MR) is 88.8 cm³/mol. The summed E-state index contributed by atoms with van der Waals surface area (Å²) >= 11 is 0. The Balaban J connectivity index is 1.86. The molecular weight excluding hydrogens is 346 g/mol. The molecule has 0 aliphatic carbocycles. The van der Waals surface area contributed by atoms with Gasteiger partial charge < -0.3 is 24.6 Å². The zero-order valence-corrected chi connectivity index (χ0v) is 13.3. The topological polar surface area (TPSA) is 99.3 Å². The Morgan fingerprint density at radius 2 is 2.04 bits per heavy atom. The highest BCUT2D eigenvalue weighted by Gasteiger charge is 2.25. The molecule has 5 rings (SSSR count). The third kappa shape index (κ3) is 1.97. The number of hydrogen-bond acceptors (Lipinski definition) is 6. The van der Waals surface area contributed by atoms with E-state index in [2.05, 4.69) is 9.97 Å². The van der Waals surface area contributed by atoms with Crippen LogP contribution in [-0.4, -0.2) is 26.2 Å². The predicted octanol–water partition coefficient (Wildman–Crippen LogP) is 3.19. The van der Waals surface area contributed by atoms with E-state index in [0.29, 0.717) is 36.4 Å². The van der Waals surface area contributed by atoms with Gasteiger partial charge in [0.15, 0.2) is 22.7 Å². The van der Waals surface area contributed by atoms with Crippen LogP contribution >= 0.6 is 0 Å². The van der Waals surface area contributed by atoms with Gasteiger partial charge in [0.2, 0.25) is 0 Å². The fraction of sp³-hybridized carbons (Fsp3) is 0.176. The molecule has 1 aliphatic heterocycles. The van der Waals surface area contributed by atoms with Crippen LogP contribution in [0.2, 0.25) is 0 Å². The molecule has 3 N–H and O–H groups in total. The molecule has 0 bridgehead atoms. The van der Waals surface area contributed by atoms with Gasteiger partial charge in [-0.05, 0) is 12.5 Å². The minimum absolute atomic E-state index is 0.0167. The van der Waals surface area contributed by atoms with Crippen LogP contribution in [0.1, 0.15) is 6.42 Å². The number of anilines is 1. The van der Waals surface area contributed by atoms with Crippen molar-refractivity contribution in [3.05, 3.63) is 29.8 Å². The fourth-order valence-electron chi connectivity index (χ4n) is 3.35. The maximum absolute atomic E-state index is 15.0. The summed E-state index contributed by atoms with van der Waals surface area (Å²) in [6, 6.07) is 3.63. The maximum Gasteiger partial charge on any atom is 0.293 e. The number of phenolic OH excluding ortho intramolecular Hbond substituents is 1. The van der Waals surface area contributed by atoms with Gasteiger partial charge in [-0.2, -0.15) is 4.98 Å². The number of nitrogen functional groups attached to an aromatic ring is 1. The summed E-state index contributed by atoms with van der Waals surface area (Å²) in [7, 11) is 0. The molecular formula is C17H12F2N4O3. The summed E-state index contributed by atoms with van der Waals surface area (Å²) in [5.41, 5.74) is 5.79. The number of ether oxygens (including phenoxy) is 1. The molecule has 0 saturated carbocycles. The molecule has 4 aromatic rings. The minimum Gasteiger partial charge on any atom is -0.508 e. The van der Waals surface area contributed by atoms with Crippen molar-refractivity contribution in [3.63, 3.8) is 0 Å². The van der Waals surface area contributed by atoms with E-state index in [4.69, 9.17) is 14.9 Å². The smallest absolute Gasteiger partial charge is 0.293 e. The number of hydrogen-bond donors (Lipinski definition) is 2. The molecule has 0 spiro atoms. The number of rotatable bonds is 1. The third-order valence-corrected chi connectivity index (χ3v) is 4.39. The Bertz CT molecular complexity index is 1200. The van der Waals surface area contributed by atoms with Gasteiger partial charge in [-0.25, -0.2) is 13.8 Å². The van der Waals surface area contributed by atoms with Gasteiger partial charge in [0.25, 0.3) is 6.01 Å². The van der Waals surface area contributed by atoms with Crippen LogP contribution in [-0.2, 0) is 6.54 Å². The van der Waals surface area contributed by atoms with Crippen LogP contribution < -0.4 is 10.5 Å². The molecule has 0 saturated heterocycles. The zero-order chi connectivity index (χ0) is 18.0. The fourth-order valence-corrected chi connectivity index (χ4v) is 3.35. The first-order chi connectivity index (χ1) is 12.5. The van der Waals surface area contributed by atoms with Crippen molar-refractivity contribution in [2.45, 2.75) is 13.0 Å². The van der Waals surface area contributed by atoms with Gasteiger partial charge in [0, 0.05) is 18.7 Å². The Labute approximate surface area is 144 Å².